The van der Waals surface area contributed by atoms with Crippen LogP contribution in [0.15, 0.2) is 30.6 Å². The lowest BCUT2D eigenvalue weighted by atomic mass is 9.84. The van der Waals surface area contributed by atoms with Crippen LogP contribution in [-0.2, 0) is 16.7 Å². The number of nitrogens with zero attached hydrogens (tertiary/aromatic N) is 5. The van der Waals surface area contributed by atoms with Crippen LogP contribution < -0.4 is 16.0 Å². The highest BCUT2D eigenvalue weighted by Gasteiger charge is 2.37. The van der Waals surface area contributed by atoms with E-state index in [0.29, 0.717) is 19.2 Å². The molecule has 2 saturated heterocycles. The Labute approximate surface area is 194 Å². The van der Waals surface area contributed by atoms with E-state index in [1.165, 1.54) is 5.56 Å². The molecule has 0 amide bonds. The summed E-state index contributed by atoms with van der Waals surface area (Å²) in [6.07, 6.45) is 3.77. The van der Waals surface area contributed by atoms with Gasteiger partial charge in [0, 0.05) is 56.5 Å². The van der Waals surface area contributed by atoms with E-state index in [-0.39, 0.29) is 11.5 Å². The highest BCUT2D eigenvalue weighted by molar-refractivity contribution is 5.89. The standard InChI is InChI=1S/C24H32N8O/c1-16(2)28-22-21-18(10-19(29-22)24(3)14-33-15-24)12-27-23(31-21)30-20-5-4-17(11-26-20)13-32-8-6-25-7-9-32/h4-5,10-12,16,25H,6-9,13-15H2,1-3H3,(H,28,29)(H,26,27,30,31). The lowest BCUT2D eigenvalue weighted by Gasteiger charge is -2.37. The third-order valence-electron chi connectivity index (χ3n) is 6.13. The Hall–Kier alpha value is -2.88. The number of rotatable bonds is 7. The van der Waals surface area contributed by atoms with Crippen LogP contribution in [0.2, 0.25) is 0 Å². The van der Waals surface area contributed by atoms with Gasteiger partial charge in [-0.15, -0.1) is 0 Å². The molecule has 0 radical (unpaired) electrons. The zero-order valence-corrected chi connectivity index (χ0v) is 19.6. The summed E-state index contributed by atoms with van der Waals surface area (Å²) in [7, 11) is 0. The van der Waals surface area contributed by atoms with Gasteiger partial charge in [0.25, 0.3) is 0 Å². The highest BCUT2D eigenvalue weighted by Crippen LogP contribution is 2.34. The predicted octanol–water partition coefficient (Wildman–Crippen LogP) is 2.68. The fourth-order valence-electron chi connectivity index (χ4n) is 4.17. The maximum atomic E-state index is 5.45. The molecule has 0 atom stereocenters. The molecule has 2 aliphatic rings. The van der Waals surface area contributed by atoms with E-state index in [1.807, 2.05) is 18.5 Å². The molecule has 0 aromatic carbocycles. The lowest BCUT2D eigenvalue weighted by molar-refractivity contribution is -0.0519. The van der Waals surface area contributed by atoms with Crippen molar-refractivity contribution in [3.05, 3.63) is 41.9 Å². The number of ether oxygens (including phenoxy) is 1. The molecule has 2 aliphatic heterocycles. The molecule has 0 saturated carbocycles. The minimum atomic E-state index is -0.0606. The summed E-state index contributed by atoms with van der Waals surface area (Å²) in [5.74, 6) is 2.00. The maximum absolute atomic E-state index is 5.45. The van der Waals surface area contributed by atoms with Crippen molar-refractivity contribution < 1.29 is 4.74 Å². The molecular weight excluding hydrogens is 416 g/mol. The smallest absolute Gasteiger partial charge is 0.229 e. The van der Waals surface area contributed by atoms with Gasteiger partial charge in [-0.25, -0.2) is 19.9 Å². The largest absolute Gasteiger partial charge is 0.379 e. The average molecular weight is 449 g/mol. The van der Waals surface area contributed by atoms with Crippen LogP contribution in [0.1, 0.15) is 32.0 Å². The molecule has 0 aliphatic carbocycles. The first-order valence-electron chi connectivity index (χ1n) is 11.7. The van der Waals surface area contributed by atoms with Crippen molar-refractivity contribution in [3.8, 4) is 0 Å². The number of pyridine rings is 2. The van der Waals surface area contributed by atoms with E-state index in [4.69, 9.17) is 14.7 Å². The van der Waals surface area contributed by atoms with Crippen molar-refractivity contribution in [3.63, 3.8) is 0 Å². The monoisotopic (exact) mass is 448 g/mol. The Kier molecular flexibility index (Phi) is 6.09. The normalized spacial score (nSPS) is 18.3. The summed E-state index contributed by atoms with van der Waals surface area (Å²) in [6, 6.07) is 6.41. The summed E-state index contributed by atoms with van der Waals surface area (Å²) in [4.78, 5) is 21.2. The average Bonchev–Trinajstić information content (AvgIpc) is 2.79. The summed E-state index contributed by atoms with van der Waals surface area (Å²) >= 11 is 0. The summed E-state index contributed by atoms with van der Waals surface area (Å²) in [6.45, 7) is 12.9. The minimum Gasteiger partial charge on any atom is -0.379 e. The highest BCUT2D eigenvalue weighted by atomic mass is 16.5. The molecule has 9 nitrogen and oxygen atoms in total. The van der Waals surface area contributed by atoms with E-state index < -0.39 is 0 Å². The summed E-state index contributed by atoms with van der Waals surface area (Å²) in [5.41, 5.74) is 2.95. The second-order valence-corrected chi connectivity index (χ2v) is 9.54. The molecule has 0 bridgehead atoms. The second-order valence-electron chi connectivity index (χ2n) is 9.54. The van der Waals surface area contributed by atoms with Gasteiger partial charge in [-0.2, -0.15) is 0 Å². The van der Waals surface area contributed by atoms with Gasteiger partial charge in [-0.3, -0.25) is 4.90 Å². The number of hydrogen-bond acceptors (Lipinski definition) is 9. The van der Waals surface area contributed by atoms with Crippen molar-refractivity contribution in [1.82, 2.24) is 30.2 Å². The van der Waals surface area contributed by atoms with E-state index in [9.17, 15) is 0 Å². The molecular formula is C24H32N8O. The van der Waals surface area contributed by atoms with E-state index in [1.54, 1.807) is 0 Å². The summed E-state index contributed by atoms with van der Waals surface area (Å²) < 4.78 is 5.45. The van der Waals surface area contributed by atoms with Crippen LogP contribution in [-0.4, -0.2) is 70.3 Å². The number of anilines is 3. The van der Waals surface area contributed by atoms with Crippen LogP contribution in [0.4, 0.5) is 17.6 Å². The number of piperazine rings is 1. The van der Waals surface area contributed by atoms with Gasteiger partial charge in [-0.1, -0.05) is 6.07 Å². The van der Waals surface area contributed by atoms with Crippen LogP contribution >= 0.6 is 0 Å². The van der Waals surface area contributed by atoms with Gasteiger partial charge in [-0.05, 0) is 38.5 Å². The van der Waals surface area contributed by atoms with Gasteiger partial charge in [0.1, 0.15) is 11.3 Å². The number of aromatic nitrogens is 4. The quantitative estimate of drug-likeness (QED) is 0.504. The third-order valence-corrected chi connectivity index (χ3v) is 6.13. The molecule has 3 N–H and O–H groups in total. The fourth-order valence-corrected chi connectivity index (χ4v) is 4.17. The first-order valence-corrected chi connectivity index (χ1v) is 11.7. The van der Waals surface area contributed by atoms with Gasteiger partial charge in [0.05, 0.1) is 24.3 Å². The first kappa shape index (κ1) is 21.9. The van der Waals surface area contributed by atoms with Gasteiger partial charge in [0.15, 0.2) is 5.82 Å². The Bertz CT molecular complexity index is 1110. The van der Waals surface area contributed by atoms with Crippen molar-refractivity contribution >= 4 is 28.5 Å². The zero-order valence-electron chi connectivity index (χ0n) is 19.6. The van der Waals surface area contributed by atoms with Crippen molar-refractivity contribution in [2.75, 3.05) is 50.0 Å². The molecule has 3 aromatic rings. The number of hydrogen-bond donors (Lipinski definition) is 3. The van der Waals surface area contributed by atoms with Crippen LogP contribution in [0.5, 0.6) is 0 Å². The second kappa shape index (κ2) is 9.17. The van der Waals surface area contributed by atoms with Crippen LogP contribution in [0, 0.1) is 0 Å². The van der Waals surface area contributed by atoms with Gasteiger partial charge < -0.3 is 20.7 Å². The Balaban J connectivity index is 1.36. The Morgan fingerprint density at radius 3 is 2.61 bits per heavy atom. The summed E-state index contributed by atoms with van der Waals surface area (Å²) in [5, 5.41) is 11.0. The zero-order chi connectivity index (χ0) is 22.8. The van der Waals surface area contributed by atoms with Crippen molar-refractivity contribution in [2.45, 2.75) is 38.8 Å². The molecule has 5 heterocycles. The Morgan fingerprint density at radius 1 is 1.12 bits per heavy atom. The van der Waals surface area contributed by atoms with Crippen molar-refractivity contribution in [2.24, 2.45) is 0 Å². The third kappa shape index (κ3) is 4.90. The Morgan fingerprint density at radius 2 is 1.94 bits per heavy atom. The molecule has 33 heavy (non-hydrogen) atoms. The SMILES string of the molecule is CC(C)Nc1nc(C2(C)COC2)cc2cnc(Nc3ccc(CN4CCNCC4)cn3)nc12. The van der Waals surface area contributed by atoms with Crippen LogP contribution in [0.3, 0.4) is 0 Å². The molecule has 5 rings (SSSR count). The van der Waals surface area contributed by atoms with E-state index in [0.717, 1.165) is 61.0 Å². The maximum Gasteiger partial charge on any atom is 0.229 e. The molecule has 3 aromatic heterocycles. The van der Waals surface area contributed by atoms with Gasteiger partial charge in [0.2, 0.25) is 5.95 Å². The number of nitrogens with one attached hydrogen (secondary N) is 3. The van der Waals surface area contributed by atoms with Crippen molar-refractivity contribution in [1.29, 1.82) is 0 Å². The van der Waals surface area contributed by atoms with E-state index in [2.05, 4.69) is 63.7 Å². The predicted molar refractivity (Wildman–Crippen MR) is 130 cm³/mol. The molecule has 9 heteroatoms. The first-order chi connectivity index (χ1) is 16.0. The lowest BCUT2D eigenvalue weighted by Crippen LogP contribution is -2.44. The van der Waals surface area contributed by atoms with E-state index >= 15 is 0 Å². The molecule has 174 valence electrons. The van der Waals surface area contributed by atoms with Crippen LogP contribution in [0.25, 0.3) is 10.9 Å². The van der Waals surface area contributed by atoms with Gasteiger partial charge >= 0.3 is 0 Å². The molecule has 0 unspecified atom stereocenters. The topological polar surface area (TPSA) is 100 Å². The fraction of sp³-hybridized carbons (Fsp3) is 0.500. The number of fused-ring (bicyclic) bond motifs is 1. The minimum absolute atomic E-state index is 0.0606. The molecule has 2 fully saturated rings. The molecule has 0 spiro atoms.